The van der Waals surface area contributed by atoms with Crippen LogP contribution in [-0.2, 0) is 71.3 Å². The van der Waals surface area contributed by atoms with Crippen molar-refractivity contribution in [3.8, 4) is 0 Å². The van der Waals surface area contributed by atoms with E-state index in [0.29, 0.717) is 77.2 Å². The van der Waals surface area contributed by atoms with Gasteiger partial charge in [-0.05, 0) is 85.1 Å². The lowest BCUT2D eigenvalue weighted by atomic mass is 9.72. The number of esters is 1. The monoisotopic (exact) mass is 1140 g/mol. The molecule has 0 aromatic heterocycles. The Balaban J connectivity index is 0.769. The van der Waals surface area contributed by atoms with Gasteiger partial charge < -0.3 is 67.1 Å². The number of carboxylic acid groups (broad SMARTS) is 1. The minimum Gasteiger partial charge on any atom is -0.478 e. The van der Waals surface area contributed by atoms with Gasteiger partial charge >= 0.3 is 11.9 Å². The minimum atomic E-state index is -1.08. The van der Waals surface area contributed by atoms with Gasteiger partial charge in [0.05, 0.1) is 95.7 Å². The third kappa shape index (κ3) is 13.2. The highest BCUT2D eigenvalue weighted by Crippen LogP contribution is 2.54. The van der Waals surface area contributed by atoms with Gasteiger partial charge in [0, 0.05) is 82.5 Å². The first-order valence-corrected chi connectivity index (χ1v) is 31.3. The number of aliphatic hydroxyl groups is 1. The van der Waals surface area contributed by atoms with E-state index in [-0.39, 0.29) is 97.1 Å². The van der Waals surface area contributed by atoms with Crippen LogP contribution in [0.1, 0.15) is 203 Å². The predicted octanol–water partition coefficient (Wildman–Crippen LogP) is 9.42. The number of hydrogen-bond donors (Lipinski definition) is 2. The molecule has 17 heteroatoms. The number of rotatable bonds is 21. The Morgan fingerprint density at radius 2 is 1.44 bits per heavy atom. The molecule has 1 unspecified atom stereocenters. The van der Waals surface area contributed by atoms with E-state index < -0.39 is 70.6 Å². The summed E-state index contributed by atoms with van der Waals surface area (Å²) in [5.74, 6) is -1.61. The highest BCUT2D eigenvalue weighted by Gasteiger charge is 2.64. The molecule has 10 aliphatic heterocycles. The maximum Gasteiger partial charge on any atom is 0.331 e. The molecule has 8 saturated heterocycles. The molecule has 0 bridgehead atoms. The van der Waals surface area contributed by atoms with Crippen molar-refractivity contribution in [3.05, 3.63) is 36.0 Å². The first-order valence-electron chi connectivity index (χ1n) is 31.3. The molecule has 8 fully saturated rings. The van der Waals surface area contributed by atoms with Crippen LogP contribution >= 0.6 is 0 Å². The summed E-state index contributed by atoms with van der Waals surface area (Å²) >= 11 is 0. The van der Waals surface area contributed by atoms with E-state index in [1.807, 2.05) is 13.8 Å². The van der Waals surface area contributed by atoms with Gasteiger partial charge in [-0.2, -0.15) is 0 Å². The van der Waals surface area contributed by atoms with Gasteiger partial charge in [0.25, 0.3) is 0 Å². The number of ether oxygens (including phenoxy) is 11. The number of aliphatic carboxylic acids is 1. The van der Waals surface area contributed by atoms with Gasteiger partial charge in [-0.1, -0.05) is 83.4 Å². The smallest absolute Gasteiger partial charge is 0.331 e. The van der Waals surface area contributed by atoms with Crippen LogP contribution < -0.4 is 0 Å². The Hall–Kier alpha value is -2.94. The quantitative estimate of drug-likeness (QED) is 0.0360. The van der Waals surface area contributed by atoms with Crippen LogP contribution in [0.3, 0.4) is 0 Å². The molecule has 10 aliphatic rings. The molecule has 0 saturated carbocycles. The average molecular weight is 1140 g/mol. The zero-order chi connectivity index (χ0) is 57.5. The Bertz CT molecular complexity index is 2320. The number of unbranched alkanes of at least 4 members (excludes halogenated alkanes) is 11. The van der Waals surface area contributed by atoms with Gasteiger partial charge in [-0.25, -0.2) is 9.59 Å². The predicted molar refractivity (Wildman–Crippen MR) is 297 cm³/mol. The van der Waals surface area contributed by atoms with Crippen LogP contribution in [0, 0.1) is 5.92 Å². The minimum absolute atomic E-state index is 0.0425. The van der Waals surface area contributed by atoms with E-state index in [4.69, 9.17) is 52.1 Å². The second-order valence-electron chi connectivity index (χ2n) is 27.2. The summed E-state index contributed by atoms with van der Waals surface area (Å²) in [4.78, 5) is 49.2. The number of ketones is 1. The zero-order valence-electron chi connectivity index (χ0n) is 49.5. The van der Waals surface area contributed by atoms with E-state index in [9.17, 15) is 29.4 Å². The lowest BCUT2D eigenvalue weighted by Gasteiger charge is -2.60. The number of hydrogen-bond acceptors (Lipinski definition) is 16. The van der Waals surface area contributed by atoms with Crippen LogP contribution in [-0.4, -0.2) is 166 Å². The molecular formula is C64H96O17. The second kappa shape index (κ2) is 25.2. The third-order valence-corrected chi connectivity index (χ3v) is 20.7. The molecule has 10 heterocycles. The zero-order valence-corrected chi connectivity index (χ0v) is 49.5. The summed E-state index contributed by atoms with van der Waals surface area (Å²) < 4.78 is 75.3. The highest BCUT2D eigenvalue weighted by atomic mass is 16.6. The Labute approximate surface area is 480 Å². The van der Waals surface area contributed by atoms with Crippen molar-refractivity contribution < 1.29 is 81.5 Å². The highest BCUT2D eigenvalue weighted by molar-refractivity contribution is 5.86. The van der Waals surface area contributed by atoms with Gasteiger partial charge in [0.15, 0.2) is 5.78 Å². The van der Waals surface area contributed by atoms with E-state index in [0.717, 1.165) is 37.5 Å². The van der Waals surface area contributed by atoms with Crippen molar-refractivity contribution in [2.45, 2.75) is 328 Å². The number of fused-ring (bicyclic) bond motifs is 8. The van der Waals surface area contributed by atoms with Crippen molar-refractivity contribution in [2.24, 2.45) is 5.92 Å². The number of Topliss-reactive ketones (excluding diaryl/α,β-unsaturated/α-hetero) is 1. The summed E-state index contributed by atoms with van der Waals surface area (Å²) in [7, 11) is 0. The van der Waals surface area contributed by atoms with E-state index in [1.54, 1.807) is 0 Å². The van der Waals surface area contributed by atoms with E-state index >= 15 is 0 Å². The maximum absolute atomic E-state index is 14.5. The summed E-state index contributed by atoms with van der Waals surface area (Å²) in [6.45, 7) is 18.6. The number of carbonyl (C=O) groups is 4. The van der Waals surface area contributed by atoms with Gasteiger partial charge in [-0.15, -0.1) is 0 Å². The fraction of sp³-hybridized carbons (Fsp3) is 0.844. The second-order valence-corrected chi connectivity index (χ2v) is 27.2. The SMILES string of the molecule is C=C(CC1C[C@H](O)[C@]2(C)O[C@@H]3C[C@@H]4O[C@@H]5C[C@]6(C)O[C@]7(C)CCC(=O)[C@@H]([C@H](C)C[C@@H]8O[C@@H]9C[C@@H]%10OC(=O)C=C(C)[C@H]%10O[C@@]9(C)C[C@H]8OCCCCCCCCCCCCCC=O)O[C@H]7C[C@H]6O[C@@]5(C)C/C=C\[C@H]4O[C@H]3C[C@H]2O1)C(=O)O. The summed E-state index contributed by atoms with van der Waals surface area (Å²) in [5, 5.41) is 21.0. The van der Waals surface area contributed by atoms with Crippen LogP contribution in [0.15, 0.2) is 36.0 Å². The molecule has 22 atom stereocenters. The number of aliphatic hydroxyl groups excluding tert-OH is 1. The molecule has 81 heavy (non-hydrogen) atoms. The molecule has 10 rings (SSSR count). The molecule has 17 nitrogen and oxygen atoms in total. The first kappa shape index (κ1) is 61.2. The summed E-state index contributed by atoms with van der Waals surface area (Å²) in [5.41, 5.74) is -3.03. The van der Waals surface area contributed by atoms with E-state index in [2.05, 4.69) is 53.3 Å². The van der Waals surface area contributed by atoms with Crippen LogP contribution in [0.5, 0.6) is 0 Å². The Morgan fingerprint density at radius 1 is 0.741 bits per heavy atom. The fourth-order valence-electron chi connectivity index (χ4n) is 15.7. The van der Waals surface area contributed by atoms with Crippen LogP contribution in [0.25, 0.3) is 0 Å². The molecule has 0 aromatic rings. The standard InChI is InChI=1S/C64H96O17/c1-38(29-44-49(71-27-20-18-16-14-12-10-9-11-13-15-17-19-26-65)36-62(6)51(74-44)34-48-58(80-62)39(2)30-56(68)76-48)57-42(66)23-25-61(5)52(77-57)35-53-63(7,81-61)37-55-60(4,79-53)24-21-22-43-45(75-55)32-47-46(73-43)33-54-64(8,78-47)50(67)31-41(72-54)28-40(3)59(69)70/h21-22,26,30,38,41,43-55,57-58,67H,3,9-20,23-25,27-29,31-37H2,1-2,4-8H3,(H,69,70)/b22-21-/t38-,41?,43-,44+,45+,46+,47-,48+,49-,50+,51-,52+,53-,54-,55-,57-,58-,60+,61-,62+,63+,64+/m1/s1. The molecule has 0 aromatic carbocycles. The average Bonchev–Trinajstić information content (AvgIpc) is 3.59. The topological polar surface area (TPSA) is 210 Å². The lowest BCUT2D eigenvalue weighted by Crippen LogP contribution is -2.70. The van der Waals surface area contributed by atoms with Crippen molar-refractivity contribution in [3.63, 3.8) is 0 Å². The number of carbonyl (C=O) groups excluding carboxylic acids is 3. The molecular weight excluding hydrogens is 1040 g/mol. The lowest BCUT2D eigenvalue weighted by molar-refractivity contribution is -0.356. The molecule has 0 radical (unpaired) electrons. The first-order chi connectivity index (χ1) is 38.6. The molecule has 2 N–H and O–H groups in total. The summed E-state index contributed by atoms with van der Waals surface area (Å²) in [6.07, 6.45) is 18.8. The van der Waals surface area contributed by atoms with Gasteiger partial charge in [0.1, 0.15) is 36.3 Å². The molecule has 454 valence electrons. The van der Waals surface area contributed by atoms with Crippen molar-refractivity contribution in [1.29, 1.82) is 0 Å². The van der Waals surface area contributed by atoms with Gasteiger partial charge in [-0.3, -0.25) is 4.79 Å². The fourth-order valence-corrected chi connectivity index (χ4v) is 15.7. The summed E-state index contributed by atoms with van der Waals surface area (Å²) in [6, 6.07) is 0. The Kier molecular flexibility index (Phi) is 19.0. The maximum atomic E-state index is 14.5. The largest absolute Gasteiger partial charge is 0.478 e. The van der Waals surface area contributed by atoms with Crippen molar-refractivity contribution >= 4 is 24.0 Å². The molecule has 0 spiro atoms. The number of aldehydes is 1. The normalized spacial score (nSPS) is 45.4. The van der Waals surface area contributed by atoms with Crippen LogP contribution in [0.4, 0.5) is 0 Å². The Morgan fingerprint density at radius 3 is 2.17 bits per heavy atom. The van der Waals surface area contributed by atoms with Crippen molar-refractivity contribution in [2.75, 3.05) is 6.61 Å². The van der Waals surface area contributed by atoms with Crippen molar-refractivity contribution in [1.82, 2.24) is 0 Å². The molecule has 0 aliphatic carbocycles. The number of carboxylic acids is 1. The third-order valence-electron chi connectivity index (χ3n) is 20.7. The van der Waals surface area contributed by atoms with E-state index in [1.165, 1.54) is 51.0 Å². The van der Waals surface area contributed by atoms with Crippen LogP contribution in [0.2, 0.25) is 0 Å². The van der Waals surface area contributed by atoms with Gasteiger partial charge in [0.2, 0.25) is 0 Å². The molecule has 0 amide bonds.